The lowest BCUT2D eigenvalue weighted by atomic mass is 9.94. The van der Waals surface area contributed by atoms with E-state index >= 15 is 0 Å². The van der Waals surface area contributed by atoms with E-state index in [2.05, 4.69) is 60.8 Å². The molecule has 2 aromatic rings. The van der Waals surface area contributed by atoms with Crippen molar-refractivity contribution in [2.24, 2.45) is 0 Å². The van der Waals surface area contributed by atoms with Crippen LogP contribution in [-0.2, 0) is 16.0 Å². The third-order valence-electron chi connectivity index (χ3n) is 7.87. The number of aromatic nitrogens is 1. The number of unbranched alkanes of at least 4 members (excludes halogenated alkanes) is 3. The molecule has 0 saturated carbocycles. The second kappa shape index (κ2) is 16.4. The SMILES string of the molecule is CCCCN(C(=O)CN1C[C@H](c2ccc3c(c2)CCO3)C[C@@H]1C)c1cccnc1.CCN(C)CCCCC=O. The van der Waals surface area contributed by atoms with Crippen LogP contribution in [0.1, 0.15) is 76.3 Å². The van der Waals surface area contributed by atoms with Crippen molar-refractivity contribution in [2.75, 3.05) is 51.3 Å². The Morgan fingerprint density at radius 2 is 2.03 bits per heavy atom. The fourth-order valence-corrected chi connectivity index (χ4v) is 5.27. The standard InChI is InChI=1S/C24H31N3O2.C8H17NO/c1-3-4-11-27(22-6-5-10-25-15-22)24(28)17-26-16-21(13-18(26)2)19-7-8-23-20(14-19)9-12-29-23;1-3-9(2)7-5-4-6-8-10/h5-8,10,14-15,18,21H,3-4,9,11-13,16-17H2,1-2H3;8H,3-7H2,1-2H3/t18-,21+;/m0./s1. The maximum absolute atomic E-state index is 13.2. The predicted octanol–water partition coefficient (Wildman–Crippen LogP) is 5.33. The van der Waals surface area contributed by atoms with Crippen LogP contribution in [0.5, 0.6) is 5.75 Å². The van der Waals surface area contributed by atoms with E-state index in [-0.39, 0.29) is 5.91 Å². The van der Waals surface area contributed by atoms with E-state index in [1.807, 2.05) is 17.0 Å². The molecule has 3 heterocycles. The molecule has 0 radical (unpaired) electrons. The zero-order valence-electron chi connectivity index (χ0n) is 24.5. The fourth-order valence-electron chi connectivity index (χ4n) is 5.27. The van der Waals surface area contributed by atoms with Crippen molar-refractivity contribution in [3.05, 3.63) is 53.9 Å². The molecule has 1 saturated heterocycles. The highest BCUT2D eigenvalue weighted by Crippen LogP contribution is 2.35. The van der Waals surface area contributed by atoms with Crippen molar-refractivity contribution in [3.8, 4) is 5.75 Å². The number of fused-ring (bicyclic) bond motifs is 1. The van der Waals surface area contributed by atoms with Gasteiger partial charge in [-0.05, 0) is 88.0 Å². The number of benzene rings is 1. The number of hydrogen-bond donors (Lipinski definition) is 0. The van der Waals surface area contributed by atoms with Crippen LogP contribution in [0.25, 0.3) is 0 Å². The van der Waals surface area contributed by atoms with Gasteiger partial charge >= 0.3 is 0 Å². The van der Waals surface area contributed by atoms with Gasteiger partial charge in [0.1, 0.15) is 12.0 Å². The van der Waals surface area contributed by atoms with Gasteiger partial charge < -0.3 is 19.3 Å². The molecular weight excluding hydrogens is 488 g/mol. The first-order valence-corrected chi connectivity index (χ1v) is 14.8. The summed E-state index contributed by atoms with van der Waals surface area (Å²) in [4.78, 5) is 33.8. The highest BCUT2D eigenvalue weighted by Gasteiger charge is 2.33. The molecule has 39 heavy (non-hydrogen) atoms. The highest BCUT2D eigenvalue weighted by molar-refractivity contribution is 5.94. The van der Waals surface area contributed by atoms with Crippen molar-refractivity contribution >= 4 is 17.9 Å². The van der Waals surface area contributed by atoms with Gasteiger partial charge in [-0.2, -0.15) is 0 Å². The van der Waals surface area contributed by atoms with Crippen molar-refractivity contribution in [2.45, 2.75) is 77.7 Å². The molecule has 1 amide bonds. The van der Waals surface area contributed by atoms with Crippen molar-refractivity contribution in [1.29, 1.82) is 0 Å². The lowest BCUT2D eigenvalue weighted by molar-refractivity contribution is -0.120. The first-order valence-electron chi connectivity index (χ1n) is 14.8. The molecular formula is C32H48N4O3. The molecule has 0 N–H and O–H groups in total. The van der Waals surface area contributed by atoms with Gasteiger partial charge in [0, 0.05) is 38.2 Å². The van der Waals surface area contributed by atoms with Gasteiger partial charge in [0.25, 0.3) is 0 Å². The van der Waals surface area contributed by atoms with Gasteiger partial charge in [0.15, 0.2) is 0 Å². The van der Waals surface area contributed by atoms with E-state index in [1.54, 1.807) is 12.4 Å². The molecule has 2 aliphatic heterocycles. The molecule has 2 aliphatic rings. The smallest absolute Gasteiger partial charge is 0.241 e. The molecule has 1 aromatic carbocycles. The van der Waals surface area contributed by atoms with Gasteiger partial charge in [-0.1, -0.05) is 32.4 Å². The summed E-state index contributed by atoms with van der Waals surface area (Å²) in [6, 6.07) is 10.9. The van der Waals surface area contributed by atoms with Gasteiger partial charge in [-0.3, -0.25) is 14.7 Å². The second-order valence-electron chi connectivity index (χ2n) is 10.8. The van der Waals surface area contributed by atoms with E-state index < -0.39 is 0 Å². The van der Waals surface area contributed by atoms with E-state index in [0.29, 0.717) is 18.5 Å². The number of aldehydes is 1. The maximum Gasteiger partial charge on any atom is 0.241 e. The summed E-state index contributed by atoms with van der Waals surface area (Å²) < 4.78 is 5.65. The summed E-state index contributed by atoms with van der Waals surface area (Å²) in [5, 5.41) is 0. The average Bonchev–Trinajstić information content (AvgIpc) is 3.58. The lowest BCUT2D eigenvalue weighted by Crippen LogP contribution is -2.42. The number of carbonyl (C=O) groups is 2. The Bertz CT molecular complexity index is 1020. The number of anilines is 1. The highest BCUT2D eigenvalue weighted by atomic mass is 16.5. The van der Waals surface area contributed by atoms with Crippen molar-refractivity contribution in [3.63, 3.8) is 0 Å². The predicted molar refractivity (Wildman–Crippen MR) is 159 cm³/mol. The number of amides is 1. The maximum atomic E-state index is 13.2. The van der Waals surface area contributed by atoms with Crippen LogP contribution in [0.4, 0.5) is 5.69 Å². The second-order valence-corrected chi connectivity index (χ2v) is 10.8. The van der Waals surface area contributed by atoms with Crippen molar-refractivity contribution < 1.29 is 14.3 Å². The lowest BCUT2D eigenvalue weighted by Gasteiger charge is -2.27. The summed E-state index contributed by atoms with van der Waals surface area (Å²) >= 11 is 0. The van der Waals surface area contributed by atoms with E-state index in [1.165, 1.54) is 11.1 Å². The topological polar surface area (TPSA) is 66.0 Å². The van der Waals surface area contributed by atoms with Gasteiger partial charge in [0.05, 0.1) is 25.0 Å². The molecule has 1 aromatic heterocycles. The minimum Gasteiger partial charge on any atom is -0.493 e. The molecule has 0 unspecified atom stereocenters. The Kier molecular flexibility index (Phi) is 12.9. The fraction of sp³-hybridized carbons (Fsp3) is 0.594. The van der Waals surface area contributed by atoms with Gasteiger partial charge in [-0.15, -0.1) is 0 Å². The van der Waals surface area contributed by atoms with Crippen molar-refractivity contribution in [1.82, 2.24) is 14.8 Å². The molecule has 4 rings (SSSR count). The van der Waals surface area contributed by atoms with Crippen LogP contribution in [0.15, 0.2) is 42.7 Å². The number of hydrogen-bond acceptors (Lipinski definition) is 6. The van der Waals surface area contributed by atoms with Gasteiger partial charge in [-0.25, -0.2) is 0 Å². The Morgan fingerprint density at radius 1 is 1.18 bits per heavy atom. The molecule has 0 spiro atoms. The van der Waals surface area contributed by atoms with Crippen LogP contribution in [0.3, 0.4) is 0 Å². The molecule has 0 bridgehead atoms. The number of carbonyl (C=O) groups excluding carboxylic acids is 2. The summed E-state index contributed by atoms with van der Waals surface area (Å²) in [6.07, 6.45) is 11.6. The molecule has 7 nitrogen and oxygen atoms in total. The number of likely N-dealkylation sites (tertiary alicyclic amines) is 1. The Labute approximate surface area is 235 Å². The van der Waals surface area contributed by atoms with Crippen LogP contribution in [-0.4, -0.2) is 79.4 Å². The molecule has 2 atom stereocenters. The first kappa shape index (κ1) is 30.8. The number of pyridine rings is 1. The number of rotatable bonds is 13. The van der Waals surface area contributed by atoms with Crippen LogP contribution in [0, 0.1) is 0 Å². The average molecular weight is 537 g/mol. The zero-order chi connectivity index (χ0) is 28.0. The van der Waals surface area contributed by atoms with Crippen LogP contribution < -0.4 is 9.64 Å². The summed E-state index contributed by atoms with van der Waals surface area (Å²) in [6.45, 7) is 11.7. The first-order chi connectivity index (χ1) is 19.0. The quantitative estimate of drug-likeness (QED) is 0.255. The summed E-state index contributed by atoms with van der Waals surface area (Å²) in [5.74, 6) is 1.68. The third kappa shape index (κ3) is 9.43. The molecule has 7 heteroatoms. The monoisotopic (exact) mass is 536 g/mol. The minimum atomic E-state index is 0.168. The third-order valence-corrected chi connectivity index (χ3v) is 7.87. The Balaban J connectivity index is 0.000000360. The molecule has 214 valence electrons. The largest absolute Gasteiger partial charge is 0.493 e. The summed E-state index contributed by atoms with van der Waals surface area (Å²) in [5.41, 5.74) is 3.60. The van der Waals surface area contributed by atoms with Crippen LogP contribution in [0.2, 0.25) is 0 Å². The van der Waals surface area contributed by atoms with E-state index in [9.17, 15) is 9.59 Å². The number of ether oxygens (including phenoxy) is 1. The molecule has 0 aliphatic carbocycles. The summed E-state index contributed by atoms with van der Waals surface area (Å²) in [7, 11) is 2.10. The zero-order valence-corrected chi connectivity index (χ0v) is 24.5. The minimum absolute atomic E-state index is 0.168. The van der Waals surface area contributed by atoms with Crippen LogP contribution >= 0.6 is 0 Å². The Hall–Kier alpha value is -2.77. The Morgan fingerprint density at radius 3 is 2.74 bits per heavy atom. The molecule has 1 fully saturated rings. The van der Waals surface area contributed by atoms with E-state index in [0.717, 1.165) is 95.5 Å². The van der Waals surface area contributed by atoms with E-state index in [4.69, 9.17) is 4.74 Å². The number of nitrogens with zero attached hydrogens (tertiary/aromatic N) is 4. The normalized spacial score (nSPS) is 18.3. The van der Waals surface area contributed by atoms with Gasteiger partial charge in [0.2, 0.25) is 5.91 Å².